The lowest BCUT2D eigenvalue weighted by atomic mass is 10.2. The van der Waals surface area contributed by atoms with Gasteiger partial charge in [0.05, 0.1) is 7.11 Å². The van der Waals surface area contributed by atoms with Crippen molar-refractivity contribution in [1.29, 1.82) is 0 Å². The quantitative estimate of drug-likeness (QED) is 0.811. The van der Waals surface area contributed by atoms with Crippen LogP contribution >= 0.6 is 0 Å². The number of aldehydes is 1. The predicted molar refractivity (Wildman–Crippen MR) is 64.7 cm³/mol. The molecule has 20 heavy (non-hydrogen) atoms. The van der Waals surface area contributed by atoms with Gasteiger partial charge in [0, 0.05) is 12.7 Å². The van der Waals surface area contributed by atoms with Crippen LogP contribution in [-0.2, 0) is 12.7 Å². The molecule has 2 aromatic rings. The molecule has 106 valence electrons. The van der Waals surface area contributed by atoms with E-state index in [0.717, 1.165) is 10.8 Å². The summed E-state index contributed by atoms with van der Waals surface area (Å²) in [7, 11) is 1.50. The van der Waals surface area contributed by atoms with Crippen molar-refractivity contribution in [2.45, 2.75) is 12.7 Å². The van der Waals surface area contributed by atoms with Crippen LogP contribution in [0.1, 0.15) is 21.9 Å². The number of carbonyl (C=O) groups excluding carboxylic acids is 1. The van der Waals surface area contributed by atoms with Crippen molar-refractivity contribution < 1.29 is 22.7 Å². The molecule has 0 fully saturated rings. The average molecular weight is 284 g/mol. The highest BCUT2D eigenvalue weighted by atomic mass is 19.4. The van der Waals surface area contributed by atoms with Gasteiger partial charge in [-0.2, -0.15) is 13.2 Å². The second-order valence-corrected chi connectivity index (χ2v) is 4.08. The molecular weight excluding hydrogens is 273 g/mol. The topological polar surface area (TPSA) is 44.1 Å². The third kappa shape index (κ3) is 2.98. The number of hydrogen-bond donors (Lipinski definition) is 0. The summed E-state index contributed by atoms with van der Waals surface area (Å²) in [5.41, 5.74) is 0.400. The van der Waals surface area contributed by atoms with E-state index >= 15 is 0 Å². The molecule has 0 saturated carbocycles. The number of nitrogens with zero attached hydrogens (tertiary/aromatic N) is 2. The lowest BCUT2D eigenvalue weighted by Crippen LogP contribution is -2.15. The SMILES string of the molecule is COc1ccc(Cn2cc(C=O)nc2C(F)(F)F)cc1. The predicted octanol–water partition coefficient (Wildman–Crippen LogP) is 2.77. The van der Waals surface area contributed by atoms with Gasteiger partial charge in [-0.3, -0.25) is 4.79 Å². The minimum atomic E-state index is -4.60. The molecule has 0 radical (unpaired) electrons. The van der Waals surface area contributed by atoms with E-state index in [1.165, 1.54) is 7.11 Å². The maximum atomic E-state index is 12.8. The van der Waals surface area contributed by atoms with Crippen LogP contribution in [0, 0.1) is 0 Å². The summed E-state index contributed by atoms with van der Waals surface area (Å²) in [6.07, 6.45) is -3.23. The molecule has 0 atom stereocenters. The van der Waals surface area contributed by atoms with Crippen LogP contribution in [0.3, 0.4) is 0 Å². The van der Waals surface area contributed by atoms with Crippen molar-refractivity contribution in [3.05, 3.63) is 47.5 Å². The average Bonchev–Trinajstić information content (AvgIpc) is 2.83. The second-order valence-electron chi connectivity index (χ2n) is 4.08. The highest BCUT2D eigenvalue weighted by molar-refractivity contribution is 5.71. The number of aromatic nitrogens is 2. The normalized spacial score (nSPS) is 11.4. The van der Waals surface area contributed by atoms with E-state index in [4.69, 9.17) is 4.74 Å². The Morgan fingerprint density at radius 2 is 1.95 bits per heavy atom. The summed E-state index contributed by atoms with van der Waals surface area (Å²) < 4.78 is 44.3. The maximum absolute atomic E-state index is 12.8. The van der Waals surface area contributed by atoms with Gasteiger partial charge in [-0.05, 0) is 17.7 Å². The number of carbonyl (C=O) groups is 1. The highest BCUT2D eigenvalue weighted by Gasteiger charge is 2.37. The third-order valence-corrected chi connectivity index (χ3v) is 2.68. The Labute approximate surface area is 112 Å². The fraction of sp³-hybridized carbons (Fsp3) is 0.231. The van der Waals surface area contributed by atoms with Crippen LogP contribution in [0.5, 0.6) is 5.75 Å². The molecule has 1 aromatic heterocycles. The zero-order valence-electron chi connectivity index (χ0n) is 10.5. The molecular formula is C13H11F3N2O2. The zero-order valence-corrected chi connectivity index (χ0v) is 10.5. The first-order chi connectivity index (χ1) is 9.44. The second kappa shape index (κ2) is 5.36. The van der Waals surface area contributed by atoms with Crippen LogP contribution in [0.2, 0.25) is 0 Å². The molecule has 0 aliphatic carbocycles. The Morgan fingerprint density at radius 1 is 1.30 bits per heavy atom. The summed E-state index contributed by atoms with van der Waals surface area (Å²) in [5.74, 6) is -0.473. The first-order valence-corrected chi connectivity index (χ1v) is 5.66. The summed E-state index contributed by atoms with van der Waals surface area (Å²) in [4.78, 5) is 13.9. The summed E-state index contributed by atoms with van der Waals surface area (Å²) >= 11 is 0. The van der Waals surface area contributed by atoms with E-state index < -0.39 is 12.0 Å². The van der Waals surface area contributed by atoms with Crippen molar-refractivity contribution in [3.8, 4) is 5.75 Å². The summed E-state index contributed by atoms with van der Waals surface area (Å²) in [5, 5.41) is 0. The van der Waals surface area contributed by atoms with Crippen LogP contribution in [-0.4, -0.2) is 22.9 Å². The number of methoxy groups -OCH3 is 1. The molecule has 0 aliphatic heterocycles. The van der Waals surface area contributed by atoms with E-state index in [1.807, 2.05) is 0 Å². The van der Waals surface area contributed by atoms with E-state index in [0.29, 0.717) is 17.6 Å². The summed E-state index contributed by atoms with van der Waals surface area (Å²) in [6, 6.07) is 6.61. The third-order valence-electron chi connectivity index (χ3n) is 2.68. The Kier molecular flexibility index (Phi) is 3.78. The largest absolute Gasteiger partial charge is 0.497 e. The number of benzene rings is 1. The fourth-order valence-electron chi connectivity index (χ4n) is 1.77. The molecule has 0 saturated heterocycles. The van der Waals surface area contributed by atoms with Crippen LogP contribution in [0.15, 0.2) is 30.5 Å². The van der Waals surface area contributed by atoms with Crippen LogP contribution in [0.4, 0.5) is 13.2 Å². The minimum absolute atomic E-state index is 0.0281. The molecule has 1 heterocycles. The van der Waals surface area contributed by atoms with Gasteiger partial charge < -0.3 is 9.30 Å². The highest BCUT2D eigenvalue weighted by Crippen LogP contribution is 2.29. The minimum Gasteiger partial charge on any atom is -0.497 e. The number of alkyl halides is 3. The lowest BCUT2D eigenvalue weighted by Gasteiger charge is -2.10. The Bertz CT molecular complexity index is 603. The van der Waals surface area contributed by atoms with Crippen LogP contribution in [0.25, 0.3) is 0 Å². The fourth-order valence-corrected chi connectivity index (χ4v) is 1.77. The molecule has 0 unspecified atom stereocenters. The number of hydrogen-bond acceptors (Lipinski definition) is 3. The van der Waals surface area contributed by atoms with Gasteiger partial charge >= 0.3 is 6.18 Å². The van der Waals surface area contributed by atoms with Gasteiger partial charge in [0.2, 0.25) is 5.82 Å². The van der Waals surface area contributed by atoms with E-state index in [-0.39, 0.29) is 12.2 Å². The summed E-state index contributed by atoms with van der Waals surface area (Å²) in [6.45, 7) is -0.0281. The van der Waals surface area contributed by atoms with Gasteiger partial charge in [-0.15, -0.1) is 0 Å². The molecule has 0 spiro atoms. The molecule has 0 aliphatic rings. The van der Waals surface area contributed by atoms with Gasteiger partial charge in [-0.25, -0.2) is 4.98 Å². The molecule has 0 N–H and O–H groups in total. The van der Waals surface area contributed by atoms with Gasteiger partial charge in [0.15, 0.2) is 6.29 Å². The van der Waals surface area contributed by atoms with Gasteiger partial charge in [0.1, 0.15) is 11.4 Å². The van der Waals surface area contributed by atoms with Crippen LogP contribution < -0.4 is 4.74 Å². The number of halogens is 3. The molecule has 1 aromatic carbocycles. The first-order valence-electron chi connectivity index (χ1n) is 5.66. The van der Waals surface area contributed by atoms with Crippen molar-refractivity contribution in [2.75, 3.05) is 7.11 Å². The van der Waals surface area contributed by atoms with Crippen molar-refractivity contribution in [2.24, 2.45) is 0 Å². The van der Waals surface area contributed by atoms with Crippen molar-refractivity contribution >= 4 is 6.29 Å². The van der Waals surface area contributed by atoms with Crippen molar-refractivity contribution in [1.82, 2.24) is 9.55 Å². The molecule has 7 heteroatoms. The first kappa shape index (κ1) is 14.1. The Hall–Kier alpha value is -2.31. The van der Waals surface area contributed by atoms with E-state index in [9.17, 15) is 18.0 Å². The molecule has 2 rings (SSSR count). The monoisotopic (exact) mass is 284 g/mol. The zero-order chi connectivity index (χ0) is 14.8. The number of rotatable bonds is 4. The standard InChI is InChI=1S/C13H11F3N2O2/c1-20-11-4-2-9(3-5-11)6-18-7-10(8-19)17-12(18)13(14,15)16/h2-5,7-8H,6H2,1H3. The van der Waals surface area contributed by atoms with E-state index in [2.05, 4.69) is 4.98 Å². The molecule has 0 bridgehead atoms. The Morgan fingerprint density at radius 3 is 2.45 bits per heavy atom. The van der Waals surface area contributed by atoms with E-state index in [1.54, 1.807) is 24.3 Å². The molecule has 0 amide bonds. The van der Waals surface area contributed by atoms with Gasteiger partial charge in [-0.1, -0.05) is 12.1 Å². The lowest BCUT2D eigenvalue weighted by molar-refractivity contribution is -0.147. The number of imidazole rings is 1. The maximum Gasteiger partial charge on any atom is 0.449 e. The number of ether oxygens (including phenoxy) is 1. The van der Waals surface area contributed by atoms with Crippen molar-refractivity contribution in [3.63, 3.8) is 0 Å². The molecule has 4 nitrogen and oxygen atoms in total. The smallest absolute Gasteiger partial charge is 0.449 e. The van der Waals surface area contributed by atoms with Gasteiger partial charge in [0.25, 0.3) is 0 Å². The Balaban J connectivity index is 2.31.